The number of aromatic nitrogens is 2. The van der Waals surface area contributed by atoms with Crippen molar-refractivity contribution in [2.24, 2.45) is 17.8 Å². The smallest absolute Gasteiger partial charge is 0.323 e. The number of fused-ring (bicyclic) bond motifs is 1. The number of halogens is 1. The van der Waals surface area contributed by atoms with Gasteiger partial charge in [-0.15, -0.1) is 0 Å². The molecule has 1 N–H and O–H groups in total. The Balaban J connectivity index is 1.19. The maximum Gasteiger partial charge on any atom is 0.323 e. The van der Waals surface area contributed by atoms with Gasteiger partial charge in [0.1, 0.15) is 12.9 Å². The first kappa shape index (κ1) is 29.9. The van der Waals surface area contributed by atoms with Crippen LogP contribution in [0.1, 0.15) is 40.2 Å². The lowest BCUT2D eigenvalue weighted by Crippen LogP contribution is -2.40. The van der Waals surface area contributed by atoms with Crippen LogP contribution in [0.15, 0.2) is 24.5 Å². The number of hydrogen-bond donors (Lipinski definition) is 1. The lowest BCUT2D eigenvalue weighted by atomic mass is 10.0. The Hall–Kier alpha value is -3.57. The maximum absolute atomic E-state index is 13.7. The van der Waals surface area contributed by atoms with Gasteiger partial charge in [0.15, 0.2) is 0 Å². The number of rotatable bonds is 9. The molecular weight excluding hydrogens is 560 g/mol. The van der Waals surface area contributed by atoms with Crippen LogP contribution >= 0.6 is 11.6 Å². The Morgan fingerprint density at radius 1 is 1.02 bits per heavy atom. The van der Waals surface area contributed by atoms with Gasteiger partial charge < -0.3 is 24.7 Å². The molecule has 0 aliphatic carbocycles. The van der Waals surface area contributed by atoms with Gasteiger partial charge in [-0.2, -0.15) is 0 Å². The molecule has 224 valence electrons. The fourth-order valence-electron chi connectivity index (χ4n) is 6.54. The third-order valence-electron chi connectivity index (χ3n) is 8.77. The van der Waals surface area contributed by atoms with Crippen molar-refractivity contribution in [2.75, 3.05) is 57.3 Å². The molecule has 5 rings (SSSR count). The quantitative estimate of drug-likeness (QED) is 0.468. The van der Waals surface area contributed by atoms with Gasteiger partial charge in [-0.1, -0.05) is 17.7 Å². The van der Waals surface area contributed by atoms with Crippen molar-refractivity contribution in [1.29, 1.82) is 0 Å². The molecule has 2 aromatic rings. The van der Waals surface area contributed by atoms with Crippen molar-refractivity contribution in [3.63, 3.8) is 0 Å². The molecule has 42 heavy (non-hydrogen) atoms. The highest BCUT2D eigenvalue weighted by Crippen LogP contribution is 2.33. The topological polar surface area (TPSA) is 127 Å². The normalized spacial score (nSPS) is 22.1. The number of benzene rings is 1. The van der Waals surface area contributed by atoms with Gasteiger partial charge in [-0.25, -0.2) is 9.97 Å². The summed E-state index contributed by atoms with van der Waals surface area (Å²) in [5.74, 6) is -1.41. The van der Waals surface area contributed by atoms with Crippen LogP contribution in [0.3, 0.4) is 0 Å². The van der Waals surface area contributed by atoms with E-state index in [1.807, 2.05) is 37.8 Å². The summed E-state index contributed by atoms with van der Waals surface area (Å²) in [4.78, 5) is 66.1. The zero-order chi connectivity index (χ0) is 30.1. The fourth-order valence-corrected chi connectivity index (χ4v) is 6.72. The van der Waals surface area contributed by atoms with Gasteiger partial charge in [0.25, 0.3) is 5.91 Å². The molecule has 0 radical (unpaired) electrons. The molecule has 3 unspecified atom stereocenters. The van der Waals surface area contributed by atoms with E-state index in [0.717, 1.165) is 31.6 Å². The summed E-state index contributed by atoms with van der Waals surface area (Å²) in [6.07, 6.45) is 2.21. The number of amides is 3. The second-order valence-corrected chi connectivity index (χ2v) is 12.2. The lowest BCUT2D eigenvalue weighted by Gasteiger charge is -2.27. The third kappa shape index (κ3) is 6.27. The van der Waals surface area contributed by atoms with Gasteiger partial charge in [0, 0.05) is 56.4 Å². The second-order valence-electron chi connectivity index (χ2n) is 11.8. The van der Waals surface area contributed by atoms with Gasteiger partial charge >= 0.3 is 5.97 Å². The minimum absolute atomic E-state index is 0.00106. The zero-order valence-corrected chi connectivity index (χ0v) is 25.0. The van der Waals surface area contributed by atoms with E-state index in [1.165, 1.54) is 11.2 Å². The summed E-state index contributed by atoms with van der Waals surface area (Å²) in [5, 5.41) is 9.68. The van der Waals surface area contributed by atoms with E-state index in [9.17, 15) is 19.2 Å². The molecule has 1 aromatic carbocycles. The molecule has 1 aromatic heterocycles. The molecule has 12 heteroatoms. The standard InChI is InChI=1S/C30H37ClN6O5/c1-18-5-6-24(10-25(18)31)37(29(41)21-9-26(38)35(13-21)16-27(39)40)8-4-7-34-11-22-14-36(15-23(22)12-34)30(42)28-19(2)32-17-33-20(28)3/h5-6,10,17,21-23H,4,7-9,11-16H2,1-3H3,(H,39,40). The summed E-state index contributed by atoms with van der Waals surface area (Å²) >= 11 is 6.40. The number of anilines is 1. The molecule has 3 fully saturated rings. The first-order valence-electron chi connectivity index (χ1n) is 14.4. The molecule has 3 atom stereocenters. The minimum Gasteiger partial charge on any atom is -0.480 e. The van der Waals surface area contributed by atoms with Crippen molar-refractivity contribution in [2.45, 2.75) is 33.6 Å². The number of aliphatic carboxylic acids is 1. The molecule has 3 amide bonds. The average molecular weight is 597 g/mol. The van der Waals surface area contributed by atoms with Crippen molar-refractivity contribution >= 4 is 41.0 Å². The van der Waals surface area contributed by atoms with Crippen LogP contribution < -0.4 is 4.90 Å². The monoisotopic (exact) mass is 596 g/mol. The predicted octanol–water partition coefficient (Wildman–Crippen LogP) is 2.42. The number of aryl methyl sites for hydroxylation is 3. The van der Waals surface area contributed by atoms with E-state index in [-0.39, 0.29) is 30.7 Å². The highest BCUT2D eigenvalue weighted by Gasteiger charge is 2.42. The number of carboxylic acids is 1. The van der Waals surface area contributed by atoms with Crippen LogP contribution in [-0.4, -0.2) is 106 Å². The van der Waals surface area contributed by atoms with E-state index in [4.69, 9.17) is 16.7 Å². The van der Waals surface area contributed by atoms with Gasteiger partial charge in [0.05, 0.1) is 22.9 Å². The molecule has 11 nitrogen and oxygen atoms in total. The Morgan fingerprint density at radius 3 is 2.31 bits per heavy atom. The number of likely N-dealkylation sites (tertiary alicyclic amines) is 3. The first-order chi connectivity index (χ1) is 20.0. The molecule has 0 spiro atoms. The Labute approximate surface area is 250 Å². The molecule has 0 saturated carbocycles. The van der Waals surface area contributed by atoms with E-state index in [0.29, 0.717) is 59.1 Å². The van der Waals surface area contributed by atoms with Crippen LogP contribution in [-0.2, 0) is 14.4 Å². The van der Waals surface area contributed by atoms with Crippen molar-refractivity contribution < 1.29 is 24.3 Å². The first-order valence-corrected chi connectivity index (χ1v) is 14.8. The van der Waals surface area contributed by atoms with Crippen LogP contribution in [0, 0.1) is 38.5 Å². The number of nitrogens with zero attached hydrogens (tertiary/aromatic N) is 6. The minimum atomic E-state index is -1.10. The molecule has 3 aliphatic heterocycles. The average Bonchev–Trinajstić information content (AvgIpc) is 3.61. The largest absolute Gasteiger partial charge is 0.480 e. The predicted molar refractivity (Wildman–Crippen MR) is 156 cm³/mol. The van der Waals surface area contributed by atoms with E-state index >= 15 is 0 Å². The number of carbonyl (C=O) groups is 4. The molecule has 3 saturated heterocycles. The SMILES string of the molecule is Cc1ccc(N(CCCN2CC3CN(C(=O)c4c(C)ncnc4C)CC3C2)C(=O)C2CC(=O)N(CC(=O)O)C2)cc1Cl. The van der Waals surface area contributed by atoms with Gasteiger partial charge in [-0.3, -0.25) is 19.2 Å². The van der Waals surface area contributed by atoms with Crippen LogP contribution in [0.25, 0.3) is 0 Å². The van der Waals surface area contributed by atoms with E-state index in [2.05, 4.69) is 14.9 Å². The third-order valence-corrected chi connectivity index (χ3v) is 9.18. The summed E-state index contributed by atoms with van der Waals surface area (Å²) in [6, 6.07) is 5.50. The zero-order valence-electron chi connectivity index (χ0n) is 24.3. The summed E-state index contributed by atoms with van der Waals surface area (Å²) in [6.45, 7) is 9.72. The summed E-state index contributed by atoms with van der Waals surface area (Å²) in [5.41, 5.74) is 3.58. The molecule has 0 bridgehead atoms. The Bertz CT molecular complexity index is 1370. The van der Waals surface area contributed by atoms with Crippen molar-refractivity contribution in [3.8, 4) is 0 Å². The maximum atomic E-state index is 13.7. The Morgan fingerprint density at radius 2 is 1.69 bits per heavy atom. The van der Waals surface area contributed by atoms with Gasteiger partial charge in [0.2, 0.25) is 11.8 Å². The summed E-state index contributed by atoms with van der Waals surface area (Å²) in [7, 11) is 0. The Kier molecular flexibility index (Phi) is 8.79. The number of carboxylic acid groups (broad SMARTS) is 1. The van der Waals surface area contributed by atoms with Gasteiger partial charge in [-0.05, 0) is 63.3 Å². The van der Waals surface area contributed by atoms with Crippen LogP contribution in [0.5, 0.6) is 0 Å². The highest BCUT2D eigenvalue weighted by atomic mass is 35.5. The molecule has 3 aliphatic rings. The fraction of sp³-hybridized carbons (Fsp3) is 0.533. The molecular formula is C30H37ClN6O5. The van der Waals surface area contributed by atoms with Crippen molar-refractivity contribution in [3.05, 3.63) is 52.1 Å². The second kappa shape index (κ2) is 12.3. The number of hydrogen-bond acceptors (Lipinski definition) is 7. The molecule has 4 heterocycles. The van der Waals surface area contributed by atoms with Crippen molar-refractivity contribution in [1.82, 2.24) is 24.7 Å². The summed E-state index contributed by atoms with van der Waals surface area (Å²) < 4.78 is 0. The van der Waals surface area contributed by atoms with E-state index < -0.39 is 18.4 Å². The lowest BCUT2D eigenvalue weighted by molar-refractivity contribution is -0.142. The van der Waals surface area contributed by atoms with Crippen LogP contribution in [0.4, 0.5) is 5.69 Å². The number of carbonyl (C=O) groups excluding carboxylic acids is 3. The highest BCUT2D eigenvalue weighted by molar-refractivity contribution is 6.31. The van der Waals surface area contributed by atoms with E-state index in [1.54, 1.807) is 11.0 Å². The van der Waals surface area contributed by atoms with Crippen LogP contribution in [0.2, 0.25) is 5.02 Å².